The first-order valence-electron chi connectivity index (χ1n) is 5.90. The van der Waals surface area contributed by atoms with Crippen LogP contribution < -0.4 is 9.47 Å². The van der Waals surface area contributed by atoms with Gasteiger partial charge in [-0.3, -0.25) is 0 Å². The van der Waals surface area contributed by atoms with Gasteiger partial charge in [-0.25, -0.2) is 4.79 Å². The van der Waals surface area contributed by atoms with E-state index in [4.69, 9.17) is 14.2 Å². The maximum Gasteiger partial charge on any atom is 0.338 e. The molecule has 0 N–H and O–H groups in total. The first-order chi connectivity index (χ1) is 8.72. The van der Waals surface area contributed by atoms with Crippen molar-refractivity contribution < 1.29 is 19.0 Å². The lowest BCUT2D eigenvalue weighted by molar-refractivity contribution is 0.0549. The molecule has 0 spiro atoms. The average Bonchev–Trinajstić information content (AvgIpc) is 2.38. The van der Waals surface area contributed by atoms with Crippen LogP contribution in [-0.2, 0) is 4.74 Å². The predicted molar refractivity (Wildman–Crippen MR) is 69.3 cm³/mol. The summed E-state index contributed by atoms with van der Waals surface area (Å²) in [7, 11) is 0. The molecule has 0 bridgehead atoms. The molecule has 1 aromatic carbocycles. The summed E-state index contributed by atoms with van der Waals surface area (Å²) in [5, 5.41) is 0. The summed E-state index contributed by atoms with van der Waals surface area (Å²) >= 11 is 0. The van der Waals surface area contributed by atoms with Gasteiger partial charge >= 0.3 is 5.97 Å². The molecule has 0 radical (unpaired) electrons. The van der Waals surface area contributed by atoms with Gasteiger partial charge in [-0.2, -0.15) is 0 Å². The summed E-state index contributed by atoms with van der Waals surface area (Å²) in [4.78, 5) is 11.7. The molecule has 0 saturated carbocycles. The molecular weight excluding hydrogens is 232 g/mol. The van der Waals surface area contributed by atoms with Crippen LogP contribution in [-0.4, -0.2) is 25.8 Å². The lowest BCUT2D eigenvalue weighted by Gasteiger charge is -2.11. The Morgan fingerprint density at radius 1 is 1.22 bits per heavy atom. The Morgan fingerprint density at radius 2 is 1.89 bits per heavy atom. The molecule has 18 heavy (non-hydrogen) atoms. The third-order valence-electron chi connectivity index (χ3n) is 2.11. The van der Waals surface area contributed by atoms with Gasteiger partial charge in [-0.15, -0.1) is 0 Å². The van der Waals surface area contributed by atoms with Crippen molar-refractivity contribution in [2.75, 3.05) is 19.8 Å². The zero-order valence-corrected chi connectivity index (χ0v) is 10.8. The van der Waals surface area contributed by atoms with E-state index in [1.165, 1.54) is 6.08 Å². The topological polar surface area (TPSA) is 44.8 Å². The first-order valence-corrected chi connectivity index (χ1v) is 5.90. The number of carbonyl (C=O) groups is 1. The van der Waals surface area contributed by atoms with E-state index in [0.717, 1.165) is 0 Å². The van der Waals surface area contributed by atoms with Gasteiger partial charge in [-0.05, 0) is 32.0 Å². The van der Waals surface area contributed by atoms with Crippen molar-refractivity contribution in [2.45, 2.75) is 13.8 Å². The molecule has 1 rings (SSSR count). The summed E-state index contributed by atoms with van der Waals surface area (Å²) in [5.74, 6) is 0.769. The van der Waals surface area contributed by atoms with Gasteiger partial charge in [0.2, 0.25) is 0 Å². The summed E-state index contributed by atoms with van der Waals surface area (Å²) < 4.78 is 15.8. The molecule has 0 amide bonds. The Hall–Kier alpha value is -1.97. The second-order valence-corrected chi connectivity index (χ2v) is 3.41. The van der Waals surface area contributed by atoms with Gasteiger partial charge in [0.25, 0.3) is 0 Å². The van der Waals surface area contributed by atoms with Gasteiger partial charge in [0.05, 0.1) is 18.8 Å². The number of hydrogen-bond acceptors (Lipinski definition) is 4. The van der Waals surface area contributed by atoms with Crippen LogP contribution in [0.5, 0.6) is 11.5 Å². The van der Waals surface area contributed by atoms with Crippen LogP contribution in [0.25, 0.3) is 0 Å². The average molecular weight is 250 g/mol. The van der Waals surface area contributed by atoms with Crippen molar-refractivity contribution >= 4 is 5.97 Å². The molecule has 4 nitrogen and oxygen atoms in total. The highest BCUT2D eigenvalue weighted by molar-refractivity contribution is 5.90. The Morgan fingerprint density at radius 3 is 2.50 bits per heavy atom. The SMILES string of the molecule is C=CCOC(=O)c1ccc(OCC)c(OCC)c1. The fourth-order valence-electron chi connectivity index (χ4n) is 1.40. The molecule has 0 aliphatic carbocycles. The van der Waals surface area contributed by atoms with Crippen molar-refractivity contribution in [1.29, 1.82) is 0 Å². The van der Waals surface area contributed by atoms with Crippen LogP contribution in [0.15, 0.2) is 30.9 Å². The molecule has 0 atom stereocenters. The molecule has 0 aliphatic rings. The van der Waals surface area contributed by atoms with Crippen LogP contribution >= 0.6 is 0 Å². The fourth-order valence-corrected chi connectivity index (χ4v) is 1.40. The van der Waals surface area contributed by atoms with E-state index in [9.17, 15) is 4.79 Å². The minimum absolute atomic E-state index is 0.190. The first kappa shape index (κ1) is 14.1. The van der Waals surface area contributed by atoms with Crippen molar-refractivity contribution in [3.05, 3.63) is 36.4 Å². The highest BCUT2D eigenvalue weighted by Gasteiger charge is 2.12. The molecule has 0 saturated heterocycles. The summed E-state index contributed by atoms with van der Waals surface area (Å²) in [6, 6.07) is 4.98. The van der Waals surface area contributed by atoms with Crippen molar-refractivity contribution in [2.24, 2.45) is 0 Å². The smallest absolute Gasteiger partial charge is 0.338 e. The van der Waals surface area contributed by atoms with Crippen LogP contribution in [0.3, 0.4) is 0 Å². The van der Waals surface area contributed by atoms with Crippen LogP contribution in [0.4, 0.5) is 0 Å². The maximum atomic E-state index is 11.7. The quantitative estimate of drug-likeness (QED) is 0.551. The monoisotopic (exact) mass is 250 g/mol. The van der Waals surface area contributed by atoms with E-state index in [0.29, 0.717) is 30.3 Å². The minimum atomic E-state index is -0.404. The van der Waals surface area contributed by atoms with Gasteiger partial charge in [-0.1, -0.05) is 12.7 Å². The highest BCUT2D eigenvalue weighted by Crippen LogP contribution is 2.28. The Balaban J connectivity index is 2.90. The summed E-state index contributed by atoms with van der Waals surface area (Å²) in [5.41, 5.74) is 0.434. The summed E-state index contributed by atoms with van der Waals surface area (Å²) in [6.45, 7) is 8.49. The second-order valence-electron chi connectivity index (χ2n) is 3.41. The molecule has 98 valence electrons. The van der Waals surface area contributed by atoms with Gasteiger partial charge in [0.15, 0.2) is 11.5 Å². The molecule has 0 heterocycles. The molecular formula is C14H18O4. The lowest BCUT2D eigenvalue weighted by Crippen LogP contribution is -2.06. The lowest BCUT2D eigenvalue weighted by atomic mass is 10.2. The van der Waals surface area contributed by atoms with Crippen molar-refractivity contribution in [3.63, 3.8) is 0 Å². The van der Waals surface area contributed by atoms with Crippen molar-refractivity contribution in [3.8, 4) is 11.5 Å². The van der Waals surface area contributed by atoms with Crippen LogP contribution in [0.1, 0.15) is 24.2 Å². The number of benzene rings is 1. The zero-order chi connectivity index (χ0) is 13.4. The predicted octanol–water partition coefficient (Wildman–Crippen LogP) is 2.83. The number of esters is 1. The largest absolute Gasteiger partial charge is 0.490 e. The van der Waals surface area contributed by atoms with E-state index in [2.05, 4.69) is 6.58 Å². The molecule has 0 unspecified atom stereocenters. The third-order valence-corrected chi connectivity index (χ3v) is 2.11. The normalized spacial score (nSPS) is 9.67. The van der Waals surface area contributed by atoms with Crippen LogP contribution in [0, 0.1) is 0 Å². The standard InChI is InChI=1S/C14H18O4/c1-4-9-18-14(15)11-7-8-12(16-5-2)13(10-11)17-6-3/h4,7-8,10H,1,5-6,9H2,2-3H3. The molecule has 1 aromatic rings. The van der Waals surface area contributed by atoms with Gasteiger partial charge < -0.3 is 14.2 Å². The van der Waals surface area contributed by atoms with Crippen molar-refractivity contribution in [1.82, 2.24) is 0 Å². The Bertz CT molecular complexity index is 412. The van der Waals surface area contributed by atoms with Crippen LogP contribution in [0.2, 0.25) is 0 Å². The number of ether oxygens (including phenoxy) is 3. The van der Waals surface area contributed by atoms with Gasteiger partial charge in [0.1, 0.15) is 6.61 Å². The second kappa shape index (κ2) is 7.37. The van der Waals surface area contributed by atoms with E-state index < -0.39 is 5.97 Å². The Labute approximate surface area is 107 Å². The maximum absolute atomic E-state index is 11.7. The third kappa shape index (κ3) is 3.80. The van der Waals surface area contributed by atoms with E-state index in [1.807, 2.05) is 13.8 Å². The summed E-state index contributed by atoms with van der Waals surface area (Å²) in [6.07, 6.45) is 1.52. The van der Waals surface area contributed by atoms with E-state index >= 15 is 0 Å². The van der Waals surface area contributed by atoms with E-state index in [1.54, 1.807) is 18.2 Å². The minimum Gasteiger partial charge on any atom is -0.490 e. The number of hydrogen-bond donors (Lipinski definition) is 0. The highest BCUT2D eigenvalue weighted by atomic mass is 16.5. The Kier molecular flexibility index (Phi) is 5.77. The van der Waals surface area contributed by atoms with E-state index in [-0.39, 0.29) is 6.61 Å². The molecule has 0 fully saturated rings. The number of carbonyl (C=O) groups excluding carboxylic acids is 1. The molecule has 4 heteroatoms. The zero-order valence-electron chi connectivity index (χ0n) is 10.8. The number of rotatable bonds is 7. The fraction of sp³-hybridized carbons (Fsp3) is 0.357. The molecule has 0 aliphatic heterocycles. The van der Waals surface area contributed by atoms with Gasteiger partial charge in [0, 0.05) is 0 Å². The molecule has 0 aromatic heterocycles.